The van der Waals surface area contributed by atoms with Gasteiger partial charge in [-0.15, -0.1) is 0 Å². The zero-order valence-corrected chi connectivity index (χ0v) is 13.9. The summed E-state index contributed by atoms with van der Waals surface area (Å²) >= 11 is 0. The van der Waals surface area contributed by atoms with E-state index < -0.39 is 24.4 Å². The molecule has 0 fully saturated rings. The van der Waals surface area contributed by atoms with Crippen molar-refractivity contribution in [3.05, 3.63) is 59.2 Å². The van der Waals surface area contributed by atoms with Gasteiger partial charge in [0.15, 0.2) is 6.61 Å². The second-order valence-corrected chi connectivity index (χ2v) is 5.22. The molecule has 0 spiro atoms. The minimum atomic E-state index is -0.736. The standard InChI is InChI=1S/C18H18N2O5/c1-11-4-3-5-14(16(11)19)18(23)25-10-15(21)20-17(22)12-6-8-13(24-2)9-7-12/h3-9H,10,19H2,1-2H3,(H,20,21,22). The van der Waals surface area contributed by atoms with Crippen LogP contribution in [0.4, 0.5) is 5.69 Å². The number of hydrogen-bond acceptors (Lipinski definition) is 6. The number of esters is 1. The lowest BCUT2D eigenvalue weighted by Gasteiger charge is -2.09. The molecule has 0 heterocycles. The van der Waals surface area contributed by atoms with Crippen molar-refractivity contribution in [2.45, 2.75) is 6.92 Å². The lowest BCUT2D eigenvalue weighted by atomic mass is 10.1. The SMILES string of the molecule is COc1ccc(C(=O)NC(=O)COC(=O)c2cccc(C)c2N)cc1. The normalized spacial score (nSPS) is 10.0. The zero-order valence-electron chi connectivity index (χ0n) is 13.9. The van der Waals surface area contributed by atoms with Gasteiger partial charge in [-0.3, -0.25) is 14.9 Å². The Morgan fingerprint density at radius 2 is 1.76 bits per heavy atom. The van der Waals surface area contributed by atoms with Crippen LogP contribution in [0.15, 0.2) is 42.5 Å². The van der Waals surface area contributed by atoms with Crippen molar-refractivity contribution in [3.8, 4) is 5.75 Å². The number of anilines is 1. The van der Waals surface area contributed by atoms with Crippen LogP contribution < -0.4 is 15.8 Å². The molecule has 7 nitrogen and oxygen atoms in total. The van der Waals surface area contributed by atoms with E-state index in [0.717, 1.165) is 5.56 Å². The molecule has 0 radical (unpaired) electrons. The molecule has 0 saturated carbocycles. The summed E-state index contributed by atoms with van der Waals surface area (Å²) in [6, 6.07) is 11.1. The fourth-order valence-electron chi connectivity index (χ4n) is 2.04. The Balaban J connectivity index is 1.90. The largest absolute Gasteiger partial charge is 0.497 e. The molecule has 0 aliphatic carbocycles. The average molecular weight is 342 g/mol. The zero-order chi connectivity index (χ0) is 18.4. The molecule has 0 bridgehead atoms. The Bertz CT molecular complexity index is 800. The van der Waals surface area contributed by atoms with Crippen LogP contribution in [-0.2, 0) is 9.53 Å². The smallest absolute Gasteiger partial charge is 0.340 e. The molecule has 130 valence electrons. The number of nitrogens with one attached hydrogen (secondary N) is 1. The molecule has 7 heteroatoms. The number of methoxy groups -OCH3 is 1. The Morgan fingerprint density at radius 3 is 2.40 bits per heavy atom. The summed E-state index contributed by atoms with van der Waals surface area (Å²) in [5, 5.41) is 2.14. The summed E-state index contributed by atoms with van der Waals surface area (Å²) in [4.78, 5) is 35.7. The Labute approximate surface area is 144 Å². The first kappa shape index (κ1) is 18.0. The molecule has 25 heavy (non-hydrogen) atoms. The number of carbonyl (C=O) groups excluding carboxylic acids is 3. The lowest BCUT2D eigenvalue weighted by molar-refractivity contribution is -0.123. The van der Waals surface area contributed by atoms with Gasteiger partial charge < -0.3 is 15.2 Å². The summed E-state index contributed by atoms with van der Waals surface area (Å²) in [7, 11) is 1.51. The number of aryl methyl sites for hydroxylation is 1. The van der Waals surface area contributed by atoms with Gasteiger partial charge in [-0.05, 0) is 42.8 Å². The Morgan fingerprint density at radius 1 is 1.08 bits per heavy atom. The van der Waals surface area contributed by atoms with E-state index in [2.05, 4.69) is 5.32 Å². The first-order chi connectivity index (χ1) is 11.9. The average Bonchev–Trinajstić information content (AvgIpc) is 2.62. The van der Waals surface area contributed by atoms with Crippen LogP contribution in [-0.4, -0.2) is 31.5 Å². The lowest BCUT2D eigenvalue weighted by Crippen LogP contribution is -2.34. The van der Waals surface area contributed by atoms with Crippen LogP contribution in [0.5, 0.6) is 5.75 Å². The fraction of sp³-hybridized carbons (Fsp3) is 0.167. The molecular weight excluding hydrogens is 324 g/mol. The van der Waals surface area contributed by atoms with Gasteiger partial charge >= 0.3 is 5.97 Å². The molecule has 2 amide bonds. The number of para-hydroxylation sites is 1. The van der Waals surface area contributed by atoms with Gasteiger partial charge in [-0.2, -0.15) is 0 Å². The number of amides is 2. The van der Waals surface area contributed by atoms with Crippen LogP contribution in [0.2, 0.25) is 0 Å². The second-order valence-electron chi connectivity index (χ2n) is 5.22. The summed E-state index contributed by atoms with van der Waals surface area (Å²) in [5.74, 6) is -1.47. The topological polar surface area (TPSA) is 108 Å². The highest BCUT2D eigenvalue weighted by Crippen LogP contribution is 2.17. The number of imide groups is 1. The van der Waals surface area contributed by atoms with Gasteiger partial charge in [-0.1, -0.05) is 12.1 Å². The third-order valence-electron chi connectivity index (χ3n) is 3.48. The number of ether oxygens (including phenoxy) is 2. The van der Waals surface area contributed by atoms with Gasteiger partial charge in [0.2, 0.25) is 0 Å². The molecule has 0 aliphatic heterocycles. The van der Waals surface area contributed by atoms with Crippen molar-refractivity contribution in [1.29, 1.82) is 0 Å². The van der Waals surface area contributed by atoms with Crippen LogP contribution in [0.1, 0.15) is 26.3 Å². The van der Waals surface area contributed by atoms with Crippen LogP contribution in [0.3, 0.4) is 0 Å². The molecule has 0 atom stereocenters. The highest BCUT2D eigenvalue weighted by atomic mass is 16.5. The van der Waals surface area contributed by atoms with E-state index in [9.17, 15) is 14.4 Å². The van der Waals surface area contributed by atoms with Gasteiger partial charge in [0.1, 0.15) is 5.75 Å². The Hall–Kier alpha value is -3.35. The number of nitrogen functional groups attached to an aromatic ring is 1. The maximum atomic E-state index is 12.0. The van der Waals surface area contributed by atoms with Crippen LogP contribution >= 0.6 is 0 Å². The molecule has 0 unspecified atom stereocenters. The van der Waals surface area contributed by atoms with Crippen LogP contribution in [0.25, 0.3) is 0 Å². The molecule has 2 rings (SSSR count). The van der Waals surface area contributed by atoms with Crippen molar-refractivity contribution in [3.63, 3.8) is 0 Å². The number of benzene rings is 2. The van der Waals surface area contributed by atoms with Gasteiger partial charge in [-0.25, -0.2) is 4.79 Å². The second kappa shape index (κ2) is 7.96. The molecule has 2 aromatic rings. The number of rotatable bonds is 5. The van der Waals surface area contributed by atoms with E-state index in [1.54, 1.807) is 31.2 Å². The summed E-state index contributed by atoms with van der Waals surface area (Å²) in [5.41, 5.74) is 7.28. The monoisotopic (exact) mass is 342 g/mol. The third kappa shape index (κ3) is 4.57. The highest BCUT2D eigenvalue weighted by Gasteiger charge is 2.16. The van der Waals surface area contributed by atoms with Gasteiger partial charge in [0.05, 0.1) is 12.7 Å². The van der Waals surface area contributed by atoms with Crippen molar-refractivity contribution in [1.82, 2.24) is 5.32 Å². The molecule has 0 aromatic heterocycles. The van der Waals surface area contributed by atoms with E-state index >= 15 is 0 Å². The van der Waals surface area contributed by atoms with E-state index in [0.29, 0.717) is 11.4 Å². The van der Waals surface area contributed by atoms with E-state index in [4.69, 9.17) is 15.2 Å². The number of carbonyl (C=O) groups is 3. The predicted octanol–water partition coefficient (Wildman–Crippen LogP) is 1.70. The quantitative estimate of drug-likeness (QED) is 0.632. The maximum absolute atomic E-state index is 12.0. The van der Waals surface area contributed by atoms with Crippen molar-refractivity contribution < 1.29 is 23.9 Å². The van der Waals surface area contributed by atoms with Crippen molar-refractivity contribution in [2.75, 3.05) is 19.5 Å². The van der Waals surface area contributed by atoms with Gasteiger partial charge in [0.25, 0.3) is 11.8 Å². The molecular formula is C18H18N2O5. The third-order valence-corrected chi connectivity index (χ3v) is 3.48. The van der Waals surface area contributed by atoms with E-state index in [-0.39, 0.29) is 11.1 Å². The predicted molar refractivity (Wildman–Crippen MR) is 91.3 cm³/mol. The van der Waals surface area contributed by atoms with Crippen LogP contribution in [0, 0.1) is 6.92 Å². The van der Waals surface area contributed by atoms with Gasteiger partial charge in [0, 0.05) is 11.3 Å². The number of hydrogen-bond donors (Lipinski definition) is 2. The highest BCUT2D eigenvalue weighted by molar-refractivity contribution is 6.05. The maximum Gasteiger partial charge on any atom is 0.340 e. The molecule has 0 saturated heterocycles. The van der Waals surface area contributed by atoms with E-state index in [1.165, 1.54) is 25.3 Å². The summed E-state index contributed by atoms with van der Waals surface area (Å²) in [6.07, 6.45) is 0. The summed E-state index contributed by atoms with van der Waals surface area (Å²) < 4.78 is 9.88. The molecule has 3 N–H and O–H groups in total. The summed E-state index contributed by atoms with van der Waals surface area (Å²) in [6.45, 7) is 1.17. The number of nitrogens with two attached hydrogens (primary N) is 1. The molecule has 0 aliphatic rings. The molecule has 2 aromatic carbocycles. The minimum absolute atomic E-state index is 0.175. The van der Waals surface area contributed by atoms with Crippen molar-refractivity contribution in [2.24, 2.45) is 0 Å². The first-order valence-corrected chi connectivity index (χ1v) is 7.43. The van der Waals surface area contributed by atoms with E-state index in [1.807, 2.05) is 0 Å². The minimum Gasteiger partial charge on any atom is -0.497 e. The Kier molecular flexibility index (Phi) is 5.73. The first-order valence-electron chi connectivity index (χ1n) is 7.43. The fourth-order valence-corrected chi connectivity index (χ4v) is 2.04. The van der Waals surface area contributed by atoms with Crippen molar-refractivity contribution >= 4 is 23.5 Å².